The van der Waals surface area contributed by atoms with E-state index >= 15 is 0 Å². The van der Waals surface area contributed by atoms with Gasteiger partial charge in [-0.15, -0.1) is 0 Å². The van der Waals surface area contributed by atoms with Crippen molar-refractivity contribution in [2.45, 2.75) is 166 Å². The summed E-state index contributed by atoms with van der Waals surface area (Å²) in [6, 6.07) is 0.852. The summed E-state index contributed by atoms with van der Waals surface area (Å²) in [6.07, 6.45) is 18.9. The maximum absolute atomic E-state index is 9.06. The van der Waals surface area contributed by atoms with E-state index in [0.29, 0.717) is 25.0 Å². The Morgan fingerprint density at radius 1 is 0.651 bits per heavy atom. The fourth-order valence-electron chi connectivity index (χ4n) is 4.56. The van der Waals surface area contributed by atoms with E-state index in [2.05, 4.69) is 22.3 Å². The summed E-state index contributed by atoms with van der Waals surface area (Å²) >= 11 is 1.65. The van der Waals surface area contributed by atoms with Gasteiger partial charge in [-0.25, -0.2) is 0 Å². The summed E-state index contributed by atoms with van der Waals surface area (Å²) in [5.41, 5.74) is 4.47. The Hall–Kier alpha value is 2.91. The van der Waals surface area contributed by atoms with Crippen molar-refractivity contribution in [1.82, 2.24) is 10.2 Å². The zero-order valence-corrected chi connectivity index (χ0v) is 39.1. The quantitative estimate of drug-likeness (QED) is 0.150. The van der Waals surface area contributed by atoms with E-state index in [4.69, 9.17) is 10.2 Å². The molecule has 2 atom stereocenters. The van der Waals surface area contributed by atoms with Crippen LogP contribution in [0.2, 0.25) is 0 Å². The van der Waals surface area contributed by atoms with Gasteiger partial charge in [0, 0.05) is 102 Å². The molecule has 9 heteroatoms. The average Bonchev–Trinajstić information content (AvgIpc) is 3.83. The molecule has 261 valence electrons. The number of hydrogen-bond donors (Lipinski definition) is 3. The zero-order valence-electron chi connectivity index (χ0n) is 31.3. The number of nitrogens with one attached hydrogen (secondary N) is 1. The molecule has 43 heavy (non-hydrogen) atoms. The first-order chi connectivity index (χ1) is 19.8. The molecule has 3 N–H and O–H groups in total. The Morgan fingerprint density at radius 2 is 1.07 bits per heavy atom. The molecule has 0 spiro atoms. The SMILES string of the molecule is CC.CC.CC.CC.CC.CC.OCC1CCN(C2CCCCC2)C1.OCC1CCNC1.[B]I.[CH-]1CCCCC1.[V].[V].[Y]. The van der Waals surface area contributed by atoms with E-state index in [1.165, 1.54) is 77.2 Å². The fourth-order valence-corrected chi connectivity index (χ4v) is 4.56. The van der Waals surface area contributed by atoms with Gasteiger partial charge in [-0.05, 0) is 50.6 Å². The van der Waals surface area contributed by atoms with E-state index in [-0.39, 0.29) is 69.8 Å². The second kappa shape index (κ2) is 71.0. The average molecular weight is 877 g/mol. The van der Waals surface area contributed by atoms with Crippen LogP contribution in [0.3, 0.4) is 0 Å². The normalized spacial score (nSPS) is 19.2. The van der Waals surface area contributed by atoms with Crippen LogP contribution in [0, 0.1) is 18.3 Å². The number of aliphatic hydroxyl groups excluding tert-OH is 2. The molecule has 0 amide bonds. The van der Waals surface area contributed by atoms with Gasteiger partial charge in [0.25, 0.3) is 0 Å². The Kier molecular flexibility index (Phi) is 112. The number of nitrogens with zero attached hydrogens (tertiary/aromatic N) is 1. The van der Waals surface area contributed by atoms with Gasteiger partial charge in [-0.1, -0.05) is 122 Å². The number of hydrogen-bond acceptors (Lipinski definition) is 4. The molecule has 2 aliphatic carbocycles. The van der Waals surface area contributed by atoms with Gasteiger partial charge in [0.15, 0.2) is 5.70 Å². The number of halogens is 1. The molecule has 0 aromatic carbocycles. The van der Waals surface area contributed by atoms with Crippen LogP contribution >= 0.6 is 22.4 Å². The summed E-state index contributed by atoms with van der Waals surface area (Å²) in [7, 11) is 0. The van der Waals surface area contributed by atoms with Crippen LogP contribution in [-0.2, 0) is 69.8 Å². The monoisotopic (exact) mass is 876 g/mol. The van der Waals surface area contributed by atoms with Crippen LogP contribution in [0.4, 0.5) is 0 Å². The van der Waals surface area contributed by atoms with E-state index in [1.807, 2.05) is 83.1 Å². The van der Waals surface area contributed by atoms with Crippen LogP contribution in [0.1, 0.15) is 160 Å². The molecule has 5 radical (unpaired) electrons. The van der Waals surface area contributed by atoms with Crippen molar-refractivity contribution in [1.29, 1.82) is 0 Å². The van der Waals surface area contributed by atoms with Gasteiger partial charge >= 0.3 is 0 Å². The molecule has 4 aliphatic rings. The van der Waals surface area contributed by atoms with E-state index in [1.54, 1.807) is 22.4 Å². The summed E-state index contributed by atoms with van der Waals surface area (Å²) in [5.74, 6) is 1.11. The maximum atomic E-state index is 9.06. The van der Waals surface area contributed by atoms with Gasteiger partial charge in [-0.2, -0.15) is 35.2 Å². The Labute approximate surface area is 338 Å². The van der Waals surface area contributed by atoms with E-state index in [0.717, 1.165) is 32.1 Å². The predicted molar refractivity (Wildman–Crippen MR) is 197 cm³/mol. The summed E-state index contributed by atoms with van der Waals surface area (Å²) in [4.78, 5) is 2.61. The van der Waals surface area contributed by atoms with Gasteiger partial charge in [0.2, 0.25) is 0 Å². The summed E-state index contributed by atoms with van der Waals surface area (Å²) < 4.78 is 0. The first kappa shape index (κ1) is 68.0. The number of aliphatic hydroxyl groups is 2. The molecule has 0 aromatic rings. The molecule has 2 heterocycles. The van der Waals surface area contributed by atoms with Crippen LogP contribution < -0.4 is 5.32 Å². The van der Waals surface area contributed by atoms with Gasteiger partial charge in [-0.3, -0.25) is 0 Å². The Balaban J connectivity index is -0.0000000483. The van der Waals surface area contributed by atoms with Crippen LogP contribution in [0.25, 0.3) is 0 Å². The number of rotatable bonds is 3. The zero-order chi connectivity index (χ0) is 32.5. The molecule has 0 bridgehead atoms. The smallest absolute Gasteiger partial charge is 0.169 e. The van der Waals surface area contributed by atoms with Crippen molar-refractivity contribution in [2.24, 2.45) is 11.8 Å². The molecule has 2 saturated heterocycles. The van der Waals surface area contributed by atoms with Crippen molar-refractivity contribution in [3.05, 3.63) is 6.42 Å². The first-order valence-corrected chi connectivity index (χ1v) is 18.8. The van der Waals surface area contributed by atoms with Crippen LogP contribution in [0.15, 0.2) is 0 Å². The molecule has 4 nitrogen and oxygen atoms in total. The molecule has 0 aromatic heterocycles. The molecule has 4 fully saturated rings. The van der Waals surface area contributed by atoms with Crippen molar-refractivity contribution in [3.63, 3.8) is 0 Å². The largest absolute Gasteiger partial charge is 0.396 e. The van der Waals surface area contributed by atoms with Gasteiger partial charge in [0.1, 0.15) is 0 Å². The summed E-state index contributed by atoms with van der Waals surface area (Å²) in [5, 5.41) is 20.7. The third-order valence-electron chi connectivity index (χ3n) is 6.40. The minimum absolute atomic E-state index is 0. The Morgan fingerprint density at radius 3 is 1.33 bits per heavy atom. The second-order valence-electron chi connectivity index (χ2n) is 8.59. The molecule has 4 rings (SSSR count). The standard InChI is InChI=1S/C11H21NO.C6H11.C5H11NO.6C2H6.BI.2V.Y/c13-9-10-6-7-12(8-10)11-4-2-1-3-5-11;1-2-4-6-5-3-1;7-4-5-1-2-6-3-5;7*1-2;;;/h10-11,13H,1-9H2;1H,2-6H2;5-7H,1-4H2;6*1-2H3;;;;/q;-1;;;;;;;;;;;. The van der Waals surface area contributed by atoms with E-state index < -0.39 is 0 Å². The molecular weight excluding hydrogens is 797 g/mol. The second-order valence-corrected chi connectivity index (χ2v) is 8.59. The van der Waals surface area contributed by atoms with Crippen LogP contribution in [0.5, 0.6) is 0 Å². The Bertz CT molecular complexity index is 347. The third kappa shape index (κ3) is 49.4. The van der Waals surface area contributed by atoms with Gasteiger partial charge in [0.05, 0.1) is 0 Å². The fraction of sp³-hybridized carbons (Fsp3) is 0.971. The summed E-state index contributed by atoms with van der Waals surface area (Å²) in [6.45, 7) is 29.2. The van der Waals surface area contributed by atoms with Gasteiger partial charge < -0.3 is 26.9 Å². The molecule has 2 saturated carbocycles. The third-order valence-corrected chi connectivity index (χ3v) is 6.40. The van der Waals surface area contributed by atoms with Crippen molar-refractivity contribution < 1.29 is 80.0 Å². The maximum Gasteiger partial charge on any atom is 0.169 e. The minimum Gasteiger partial charge on any atom is -0.396 e. The van der Waals surface area contributed by atoms with Crippen molar-refractivity contribution in [3.8, 4) is 0 Å². The molecule has 2 aliphatic heterocycles. The molecular formula is C34H79BIN2O2V2Y-. The van der Waals surface area contributed by atoms with Crippen LogP contribution in [-0.4, -0.2) is 66.3 Å². The molecule has 2 unspecified atom stereocenters. The minimum atomic E-state index is 0. The number of likely N-dealkylation sites (tertiary alicyclic amines) is 1. The topological polar surface area (TPSA) is 55.7 Å². The van der Waals surface area contributed by atoms with E-state index in [9.17, 15) is 0 Å². The van der Waals surface area contributed by atoms with Crippen molar-refractivity contribution in [2.75, 3.05) is 39.4 Å². The first-order valence-electron chi connectivity index (χ1n) is 17.5. The van der Waals surface area contributed by atoms with Crippen molar-refractivity contribution >= 4 is 28.1 Å². The predicted octanol–water partition coefficient (Wildman–Crippen LogP) is 10.0.